The quantitative estimate of drug-likeness (QED) is 0.816. The Kier molecular flexibility index (Phi) is 5.31. The number of carbonyl (C=O) groups excluding carboxylic acids is 1. The summed E-state index contributed by atoms with van der Waals surface area (Å²) in [5, 5.41) is 0. The van der Waals surface area contributed by atoms with Gasteiger partial charge in [-0.05, 0) is 25.5 Å². The van der Waals surface area contributed by atoms with Crippen molar-refractivity contribution in [3.05, 3.63) is 52.6 Å². The first kappa shape index (κ1) is 18.9. The number of hydrogen-bond donors (Lipinski definition) is 0. The Bertz CT molecular complexity index is 883. The lowest BCUT2D eigenvalue weighted by molar-refractivity contribution is -0.129. The molecule has 6 nitrogen and oxygen atoms in total. The largest absolute Gasteiger partial charge is 0.496 e. The molecule has 1 saturated heterocycles. The molecule has 2 aliphatic heterocycles. The van der Waals surface area contributed by atoms with Crippen LogP contribution in [-0.2, 0) is 24.3 Å². The van der Waals surface area contributed by atoms with E-state index in [2.05, 4.69) is 35.0 Å². The van der Waals surface area contributed by atoms with E-state index in [0.29, 0.717) is 12.5 Å². The van der Waals surface area contributed by atoms with E-state index in [0.717, 1.165) is 61.9 Å². The number of benzene rings is 1. The maximum atomic E-state index is 11.6. The molecular weight excluding hydrogens is 352 g/mol. The van der Waals surface area contributed by atoms with Gasteiger partial charge in [0.2, 0.25) is 5.91 Å². The molecule has 2 aromatic rings. The number of ether oxygens (including phenoxy) is 1. The second-order valence-corrected chi connectivity index (χ2v) is 7.88. The third-order valence-corrected chi connectivity index (χ3v) is 5.93. The van der Waals surface area contributed by atoms with Gasteiger partial charge in [0.05, 0.1) is 12.8 Å². The number of para-hydroxylation sites is 1. The van der Waals surface area contributed by atoms with E-state index >= 15 is 0 Å². The van der Waals surface area contributed by atoms with Crippen LogP contribution in [0.15, 0.2) is 24.4 Å². The second-order valence-electron chi connectivity index (χ2n) is 7.88. The summed E-state index contributed by atoms with van der Waals surface area (Å²) >= 11 is 0. The lowest BCUT2D eigenvalue weighted by Crippen LogP contribution is -2.35. The summed E-state index contributed by atoms with van der Waals surface area (Å²) in [6.07, 6.45) is 3.83. The van der Waals surface area contributed by atoms with Crippen LogP contribution in [0.1, 0.15) is 47.5 Å². The van der Waals surface area contributed by atoms with Crippen LogP contribution < -0.4 is 4.74 Å². The molecule has 3 heterocycles. The van der Waals surface area contributed by atoms with Crippen LogP contribution in [0, 0.1) is 6.92 Å². The summed E-state index contributed by atoms with van der Waals surface area (Å²) in [4.78, 5) is 25.5. The second kappa shape index (κ2) is 7.87. The first-order valence-corrected chi connectivity index (χ1v) is 10.00. The van der Waals surface area contributed by atoms with Crippen LogP contribution in [0.5, 0.6) is 5.75 Å². The Morgan fingerprint density at radius 2 is 2.18 bits per heavy atom. The first-order valence-electron chi connectivity index (χ1n) is 10.00. The molecule has 0 saturated carbocycles. The van der Waals surface area contributed by atoms with Gasteiger partial charge in [0.1, 0.15) is 11.6 Å². The molecule has 2 aliphatic rings. The molecule has 0 N–H and O–H groups in total. The minimum absolute atomic E-state index is 0.118. The minimum atomic E-state index is 0.118. The number of aryl methyl sites for hydroxylation is 1. The van der Waals surface area contributed by atoms with Crippen LogP contribution in [0.3, 0.4) is 0 Å². The number of aromatic nitrogens is 2. The summed E-state index contributed by atoms with van der Waals surface area (Å²) in [6, 6.07) is 6.33. The molecule has 1 amide bonds. The van der Waals surface area contributed by atoms with Gasteiger partial charge >= 0.3 is 0 Å². The van der Waals surface area contributed by atoms with E-state index in [1.54, 1.807) is 14.0 Å². The van der Waals surface area contributed by atoms with E-state index in [9.17, 15) is 4.79 Å². The number of rotatable bonds is 4. The Morgan fingerprint density at radius 1 is 1.32 bits per heavy atom. The average Bonchev–Trinajstić information content (AvgIpc) is 3.16. The number of carbonyl (C=O) groups is 1. The van der Waals surface area contributed by atoms with Crippen molar-refractivity contribution in [3.8, 4) is 5.75 Å². The normalized spacial score (nSPS) is 19.5. The molecule has 1 aromatic carbocycles. The summed E-state index contributed by atoms with van der Waals surface area (Å²) in [7, 11) is 1.74. The van der Waals surface area contributed by atoms with Gasteiger partial charge in [-0.3, -0.25) is 9.69 Å². The highest BCUT2D eigenvalue weighted by Gasteiger charge is 2.28. The number of fused-ring (bicyclic) bond motifs is 1. The SMILES string of the molecule is COc1c(C)cccc1CN1CC[C@@H](c2ncc3c(n2)CCN(C(C)=O)C3)C1. The van der Waals surface area contributed by atoms with Crippen molar-refractivity contribution in [2.24, 2.45) is 0 Å². The molecule has 0 bridgehead atoms. The van der Waals surface area contributed by atoms with Gasteiger partial charge in [-0.15, -0.1) is 0 Å². The number of methoxy groups -OCH3 is 1. The van der Waals surface area contributed by atoms with Crippen molar-refractivity contribution in [2.45, 2.75) is 45.7 Å². The Hall–Kier alpha value is -2.47. The molecule has 1 fully saturated rings. The number of hydrogen-bond acceptors (Lipinski definition) is 5. The first-order chi connectivity index (χ1) is 13.5. The van der Waals surface area contributed by atoms with Crippen molar-refractivity contribution in [2.75, 3.05) is 26.7 Å². The van der Waals surface area contributed by atoms with Gasteiger partial charge in [-0.1, -0.05) is 18.2 Å². The van der Waals surface area contributed by atoms with Crippen LogP contribution in [0.4, 0.5) is 0 Å². The predicted octanol–water partition coefficient (Wildman–Crippen LogP) is 2.69. The maximum Gasteiger partial charge on any atom is 0.219 e. The molecular formula is C22H28N4O2. The van der Waals surface area contributed by atoms with E-state index in [1.165, 1.54) is 11.1 Å². The van der Waals surface area contributed by atoms with Gasteiger partial charge in [0, 0.05) is 62.8 Å². The van der Waals surface area contributed by atoms with Crippen LogP contribution in [-0.4, -0.2) is 52.4 Å². The highest BCUT2D eigenvalue weighted by molar-refractivity contribution is 5.73. The fraction of sp³-hybridized carbons (Fsp3) is 0.500. The molecule has 0 unspecified atom stereocenters. The van der Waals surface area contributed by atoms with E-state index in [-0.39, 0.29) is 5.91 Å². The summed E-state index contributed by atoms with van der Waals surface area (Å²) < 4.78 is 5.61. The standard InChI is InChI=1S/C22H28N4O2/c1-15-5-4-6-17(21(15)28-3)12-25-9-7-18(13-25)22-23-11-19-14-26(16(2)27)10-8-20(19)24-22/h4-6,11,18H,7-10,12-14H2,1-3H3/t18-/m1/s1. The molecule has 6 heteroatoms. The van der Waals surface area contributed by atoms with Crippen molar-refractivity contribution in [1.82, 2.24) is 19.8 Å². The molecule has 28 heavy (non-hydrogen) atoms. The lowest BCUT2D eigenvalue weighted by Gasteiger charge is -2.27. The number of amides is 1. The minimum Gasteiger partial charge on any atom is -0.496 e. The molecule has 0 aliphatic carbocycles. The Balaban J connectivity index is 1.44. The monoisotopic (exact) mass is 380 g/mol. The predicted molar refractivity (Wildman–Crippen MR) is 107 cm³/mol. The molecule has 1 atom stereocenters. The van der Waals surface area contributed by atoms with E-state index in [4.69, 9.17) is 9.72 Å². The lowest BCUT2D eigenvalue weighted by atomic mass is 10.0. The summed E-state index contributed by atoms with van der Waals surface area (Å²) in [6.45, 7) is 7.99. The molecule has 1 aromatic heterocycles. The summed E-state index contributed by atoms with van der Waals surface area (Å²) in [5.41, 5.74) is 4.61. The fourth-order valence-electron chi connectivity index (χ4n) is 4.35. The Morgan fingerprint density at radius 3 is 2.96 bits per heavy atom. The molecule has 0 spiro atoms. The smallest absolute Gasteiger partial charge is 0.219 e. The van der Waals surface area contributed by atoms with Gasteiger partial charge in [0.15, 0.2) is 0 Å². The van der Waals surface area contributed by atoms with Crippen LogP contribution >= 0.6 is 0 Å². The van der Waals surface area contributed by atoms with Crippen molar-refractivity contribution >= 4 is 5.91 Å². The molecule has 0 radical (unpaired) electrons. The van der Waals surface area contributed by atoms with Crippen LogP contribution in [0.25, 0.3) is 0 Å². The molecule has 4 rings (SSSR count). The zero-order valence-electron chi connectivity index (χ0n) is 16.9. The fourth-order valence-corrected chi connectivity index (χ4v) is 4.35. The Labute approximate surface area is 166 Å². The van der Waals surface area contributed by atoms with E-state index in [1.807, 2.05) is 11.1 Å². The molecule has 148 valence electrons. The summed E-state index contributed by atoms with van der Waals surface area (Å²) in [5.74, 6) is 2.43. The van der Waals surface area contributed by atoms with Gasteiger partial charge in [-0.2, -0.15) is 0 Å². The highest BCUT2D eigenvalue weighted by Crippen LogP contribution is 2.30. The third kappa shape index (κ3) is 3.74. The van der Waals surface area contributed by atoms with E-state index < -0.39 is 0 Å². The zero-order chi connectivity index (χ0) is 19.7. The maximum absolute atomic E-state index is 11.6. The van der Waals surface area contributed by atoms with Gasteiger partial charge in [-0.25, -0.2) is 9.97 Å². The number of likely N-dealkylation sites (tertiary alicyclic amines) is 1. The van der Waals surface area contributed by atoms with Crippen molar-refractivity contribution < 1.29 is 9.53 Å². The van der Waals surface area contributed by atoms with Gasteiger partial charge in [0.25, 0.3) is 0 Å². The highest BCUT2D eigenvalue weighted by atomic mass is 16.5. The average molecular weight is 380 g/mol. The van der Waals surface area contributed by atoms with Crippen LogP contribution in [0.2, 0.25) is 0 Å². The van der Waals surface area contributed by atoms with Gasteiger partial charge < -0.3 is 9.64 Å². The topological polar surface area (TPSA) is 58.6 Å². The van der Waals surface area contributed by atoms with Crippen molar-refractivity contribution in [1.29, 1.82) is 0 Å². The zero-order valence-corrected chi connectivity index (χ0v) is 16.9. The number of nitrogens with zero attached hydrogens (tertiary/aromatic N) is 4. The third-order valence-electron chi connectivity index (χ3n) is 5.93. The van der Waals surface area contributed by atoms with Crippen molar-refractivity contribution in [3.63, 3.8) is 0 Å².